The third kappa shape index (κ3) is 30.9. The van der Waals surface area contributed by atoms with E-state index in [2.05, 4.69) is 12.6 Å². The van der Waals surface area contributed by atoms with Crippen LogP contribution in [0.3, 0.4) is 0 Å². The lowest BCUT2D eigenvalue weighted by Gasteiger charge is -2.46. The van der Waals surface area contributed by atoms with Gasteiger partial charge in [-0.15, -0.1) is 0 Å². The monoisotopic (exact) mass is 1530 g/mol. The summed E-state index contributed by atoms with van der Waals surface area (Å²) < 4.78 is 96.6. The van der Waals surface area contributed by atoms with E-state index in [-0.39, 0.29) is 78.6 Å². The fraction of sp³-hybridized carbons (Fsp3) is 0.463. The SMILES string of the molecule is CC(=O)CCC(=O)O[C@@H]1[C@H](OC(=O)c2ccccc2)[C@@H](OC(=O)c2ccccc2)[C@H](OO[C@H]2[C@H](OC(=O)c3ccccc3)[C@@H](OC(=O)c3ccccc3)[C@H](OCCOCCOCCOCCOCCOCCOCCCCCCCCCCCS)O[C@@H]2COC(=O)c2ccccc2)O[C@@H]1COC(=O)c1ccccc1. The molecule has 2 aliphatic heterocycles. The maximum atomic E-state index is 14.7. The second-order valence-electron chi connectivity index (χ2n) is 25.2. The predicted molar refractivity (Wildman–Crippen MR) is 395 cm³/mol. The zero-order chi connectivity index (χ0) is 76.9. The summed E-state index contributed by atoms with van der Waals surface area (Å²) in [6.07, 6.45) is -8.29. The maximum Gasteiger partial charge on any atom is 0.338 e. The van der Waals surface area contributed by atoms with E-state index >= 15 is 0 Å². The van der Waals surface area contributed by atoms with Crippen molar-refractivity contribution in [3.63, 3.8) is 0 Å². The number of rotatable bonds is 51. The van der Waals surface area contributed by atoms with Crippen LogP contribution in [0.15, 0.2) is 182 Å². The van der Waals surface area contributed by atoms with Crippen LogP contribution in [0.2, 0.25) is 0 Å². The number of ether oxygens (including phenoxy) is 16. The highest BCUT2D eigenvalue weighted by Gasteiger charge is 2.57. The lowest BCUT2D eigenvalue weighted by atomic mass is 9.97. The summed E-state index contributed by atoms with van der Waals surface area (Å²) in [5.41, 5.74) is 0.208. The van der Waals surface area contributed by atoms with Crippen molar-refractivity contribution in [1.29, 1.82) is 0 Å². The molecule has 2 saturated heterocycles. The number of benzene rings is 6. The van der Waals surface area contributed by atoms with Gasteiger partial charge in [-0.05, 0) is 98.3 Å². The van der Waals surface area contributed by atoms with E-state index < -0.39 is 123 Å². The van der Waals surface area contributed by atoms with Crippen molar-refractivity contribution in [3.05, 3.63) is 215 Å². The number of hydrogen-bond acceptors (Lipinski definition) is 27. The Morgan fingerprint density at radius 3 is 0.982 bits per heavy atom. The van der Waals surface area contributed by atoms with Gasteiger partial charge in [0.25, 0.3) is 0 Å². The lowest BCUT2D eigenvalue weighted by Crippen LogP contribution is -2.65. The Bertz CT molecular complexity index is 3600. The second-order valence-corrected chi connectivity index (χ2v) is 25.7. The normalized spacial score (nSPS) is 19.5. The van der Waals surface area contributed by atoms with Crippen molar-refractivity contribution in [2.45, 2.75) is 139 Å². The van der Waals surface area contributed by atoms with Crippen LogP contribution >= 0.6 is 12.6 Å². The summed E-state index contributed by atoms with van der Waals surface area (Å²) in [6, 6.07) is 46.4. The number of carbonyl (C=O) groups is 8. The molecule has 0 amide bonds. The summed E-state index contributed by atoms with van der Waals surface area (Å²) in [5.74, 6) is -6.19. The Morgan fingerprint density at radius 2 is 0.606 bits per heavy atom. The maximum absolute atomic E-state index is 14.7. The number of unbranched alkanes of at least 4 members (excludes halogenated alkanes) is 8. The minimum absolute atomic E-state index is 0.00730. The van der Waals surface area contributed by atoms with Gasteiger partial charge >= 0.3 is 41.8 Å². The molecular weight excluding hydrogens is 1430 g/mol. The molecule has 2 aliphatic rings. The molecule has 0 N–H and O–H groups in total. The van der Waals surface area contributed by atoms with Crippen molar-refractivity contribution in [3.8, 4) is 0 Å². The molecule has 8 rings (SSSR count). The van der Waals surface area contributed by atoms with Gasteiger partial charge in [-0.1, -0.05) is 154 Å². The first-order valence-electron chi connectivity index (χ1n) is 36.9. The minimum Gasteiger partial charge on any atom is -0.459 e. The molecule has 6 aromatic rings. The van der Waals surface area contributed by atoms with E-state index in [1.807, 2.05) is 0 Å². The molecule has 26 nitrogen and oxygen atoms in total. The van der Waals surface area contributed by atoms with E-state index in [1.165, 1.54) is 131 Å². The molecule has 109 heavy (non-hydrogen) atoms. The summed E-state index contributed by atoms with van der Waals surface area (Å²) in [6.45, 7) is 3.58. The number of Topliss-reactive ketones (excluding diaryl/α,β-unsaturated/α-hetero) is 1. The molecule has 0 aliphatic carbocycles. The number of thiol groups is 1. The van der Waals surface area contributed by atoms with Crippen LogP contribution in [0.25, 0.3) is 0 Å². The molecule has 588 valence electrons. The largest absolute Gasteiger partial charge is 0.459 e. The van der Waals surface area contributed by atoms with Gasteiger partial charge in [0.1, 0.15) is 31.2 Å². The topological polar surface area (TPSA) is 303 Å². The van der Waals surface area contributed by atoms with Gasteiger partial charge in [-0.2, -0.15) is 17.5 Å². The summed E-state index contributed by atoms with van der Waals surface area (Å²) in [7, 11) is 0. The molecule has 6 aromatic carbocycles. The second kappa shape index (κ2) is 50.1. The van der Waals surface area contributed by atoms with Gasteiger partial charge in [-0.25, -0.2) is 33.7 Å². The predicted octanol–water partition coefficient (Wildman–Crippen LogP) is 11.2. The fourth-order valence-electron chi connectivity index (χ4n) is 11.3. The Kier molecular flexibility index (Phi) is 39.4. The third-order valence-corrected chi connectivity index (χ3v) is 17.3. The fourth-order valence-corrected chi connectivity index (χ4v) is 11.5. The Balaban J connectivity index is 0.990. The van der Waals surface area contributed by atoms with Crippen LogP contribution in [0.5, 0.6) is 0 Å². The number of carbonyl (C=O) groups excluding carboxylic acids is 8. The van der Waals surface area contributed by atoms with Crippen molar-refractivity contribution in [2.24, 2.45) is 0 Å². The van der Waals surface area contributed by atoms with Crippen LogP contribution in [0, 0.1) is 0 Å². The molecule has 10 atom stereocenters. The van der Waals surface area contributed by atoms with Crippen molar-refractivity contribution < 1.29 is 124 Å². The van der Waals surface area contributed by atoms with Crippen molar-refractivity contribution in [1.82, 2.24) is 0 Å². The molecule has 0 spiro atoms. The van der Waals surface area contributed by atoms with Crippen molar-refractivity contribution >= 4 is 60.2 Å². The van der Waals surface area contributed by atoms with Crippen LogP contribution in [-0.4, -0.2) is 214 Å². The first kappa shape index (κ1) is 85.8. The Hall–Kier alpha value is -8.81. The van der Waals surface area contributed by atoms with Crippen LogP contribution in [-0.2, 0) is 95.2 Å². The first-order chi connectivity index (χ1) is 53.4. The third-order valence-electron chi connectivity index (χ3n) is 17.0. The molecule has 0 bridgehead atoms. The minimum atomic E-state index is -2.16. The summed E-state index contributed by atoms with van der Waals surface area (Å²) >= 11 is 4.28. The summed E-state index contributed by atoms with van der Waals surface area (Å²) in [4.78, 5) is 125. The smallest absolute Gasteiger partial charge is 0.338 e. The van der Waals surface area contributed by atoms with Crippen LogP contribution in [0.4, 0.5) is 0 Å². The highest BCUT2D eigenvalue weighted by Crippen LogP contribution is 2.36. The van der Waals surface area contributed by atoms with Gasteiger partial charge in [0.15, 0.2) is 42.9 Å². The van der Waals surface area contributed by atoms with Crippen LogP contribution in [0.1, 0.15) is 140 Å². The zero-order valence-electron chi connectivity index (χ0n) is 61.2. The van der Waals surface area contributed by atoms with E-state index in [1.54, 1.807) is 109 Å². The molecule has 0 radical (unpaired) electrons. The van der Waals surface area contributed by atoms with Gasteiger partial charge in [0.2, 0.25) is 6.29 Å². The average molecular weight is 1530 g/mol. The molecule has 2 fully saturated rings. The molecule has 0 unspecified atom stereocenters. The average Bonchev–Trinajstić information content (AvgIpc) is 0.776. The molecule has 27 heteroatoms. The molecule has 0 aromatic heterocycles. The standard InChI is InChI=1S/C82H98O26S/c1-59(83)41-42-68(84)102-69-66(57-98-75(85)60-29-15-9-16-30-60)101-82(74(106-80(90)65-39-25-14-26-40-65)71(69)103-77(87)62-33-19-11-20-34-62)108-107-70-67(58-99-76(86)61-31-17-10-18-32-61)100-81(73(105-79(89)64-37-23-13-24-38-64)72(70)104-78(88)63-35-21-12-22-36-63)97-55-54-96-53-52-95-51-50-94-49-48-93-47-46-92-45-44-91-43-27-7-5-3-2-4-6-8-28-56-109/h9-26,29-40,66-67,69-74,81-82,109H,2-8,27-28,41-58H2,1H3/t66-,67-,69+,70-,71+,72+,73-,74-,81-,82+/m1/s1. The number of ketones is 1. The number of hydrogen-bond donors (Lipinski definition) is 1. The highest BCUT2D eigenvalue weighted by atomic mass is 32.1. The molecular formula is C82H98O26S. The van der Waals surface area contributed by atoms with E-state index in [9.17, 15) is 38.4 Å². The first-order valence-corrected chi connectivity index (χ1v) is 37.5. The summed E-state index contributed by atoms with van der Waals surface area (Å²) in [5, 5.41) is 0. The molecule has 0 saturated carbocycles. The lowest BCUT2D eigenvalue weighted by molar-refractivity contribution is -0.463. The van der Waals surface area contributed by atoms with Crippen LogP contribution < -0.4 is 0 Å². The van der Waals surface area contributed by atoms with Gasteiger partial charge < -0.3 is 80.6 Å². The van der Waals surface area contributed by atoms with Gasteiger partial charge in [0, 0.05) is 13.0 Å². The Labute approximate surface area is 640 Å². The van der Waals surface area contributed by atoms with Gasteiger partial charge in [-0.3, -0.25) is 4.79 Å². The molecule has 2 heterocycles. The van der Waals surface area contributed by atoms with E-state index in [0.29, 0.717) is 46.2 Å². The van der Waals surface area contributed by atoms with E-state index in [4.69, 9.17) is 85.6 Å². The quantitative estimate of drug-likeness (QED) is 0.00926. The number of esters is 7. The van der Waals surface area contributed by atoms with E-state index in [0.717, 1.165) is 18.8 Å². The van der Waals surface area contributed by atoms with Crippen molar-refractivity contribution in [2.75, 3.05) is 105 Å². The Morgan fingerprint density at radius 1 is 0.303 bits per heavy atom. The highest BCUT2D eigenvalue weighted by molar-refractivity contribution is 7.80. The zero-order valence-corrected chi connectivity index (χ0v) is 62.1. The van der Waals surface area contributed by atoms with Gasteiger partial charge in [0.05, 0.1) is 119 Å².